The maximum atomic E-state index is 5.72. The first-order valence-corrected chi connectivity index (χ1v) is 5.73. The molecule has 1 aromatic carbocycles. The van der Waals surface area contributed by atoms with E-state index < -0.39 is 0 Å². The standard InChI is InChI=1S/C12H15NO4/c1-14-13-9-3-2-4-15-10-6-12-11(5-8(9)10)16-7-17-12/h5-6,9,13H,2-4,7H2,1H3. The van der Waals surface area contributed by atoms with E-state index in [0.717, 1.165) is 35.7 Å². The lowest BCUT2D eigenvalue weighted by molar-refractivity contribution is 0.0579. The molecule has 1 unspecified atom stereocenters. The van der Waals surface area contributed by atoms with E-state index in [0.29, 0.717) is 6.61 Å². The van der Waals surface area contributed by atoms with Crippen molar-refractivity contribution in [1.82, 2.24) is 5.48 Å². The van der Waals surface area contributed by atoms with Gasteiger partial charge < -0.3 is 19.0 Å². The van der Waals surface area contributed by atoms with Gasteiger partial charge in [0, 0.05) is 11.6 Å². The van der Waals surface area contributed by atoms with Gasteiger partial charge in [-0.15, -0.1) is 0 Å². The lowest BCUT2D eigenvalue weighted by Gasteiger charge is -2.17. The first-order chi connectivity index (χ1) is 8.38. The number of ether oxygens (including phenoxy) is 3. The topological polar surface area (TPSA) is 49.0 Å². The average molecular weight is 237 g/mol. The molecular weight excluding hydrogens is 222 g/mol. The van der Waals surface area contributed by atoms with Crippen molar-refractivity contribution in [3.63, 3.8) is 0 Å². The molecule has 0 amide bonds. The highest BCUT2D eigenvalue weighted by atomic mass is 16.7. The number of hydroxylamine groups is 1. The van der Waals surface area contributed by atoms with Crippen LogP contribution in [-0.4, -0.2) is 20.5 Å². The van der Waals surface area contributed by atoms with Crippen LogP contribution in [0.5, 0.6) is 17.2 Å². The summed E-state index contributed by atoms with van der Waals surface area (Å²) in [4.78, 5) is 5.04. The predicted octanol–water partition coefficient (Wildman–Crippen LogP) is 1.78. The van der Waals surface area contributed by atoms with Gasteiger partial charge in [-0.1, -0.05) is 0 Å². The first kappa shape index (κ1) is 10.7. The highest BCUT2D eigenvalue weighted by Crippen LogP contribution is 2.42. The van der Waals surface area contributed by atoms with Gasteiger partial charge in [-0.05, 0) is 18.9 Å². The largest absolute Gasteiger partial charge is 0.493 e. The summed E-state index contributed by atoms with van der Waals surface area (Å²) >= 11 is 0. The molecule has 0 aromatic heterocycles. The van der Waals surface area contributed by atoms with Crippen LogP contribution in [0.25, 0.3) is 0 Å². The quantitative estimate of drug-likeness (QED) is 0.794. The Labute approximate surface area is 99.6 Å². The molecule has 0 radical (unpaired) electrons. The lowest BCUT2D eigenvalue weighted by atomic mass is 10.0. The number of fused-ring (bicyclic) bond motifs is 2. The summed E-state index contributed by atoms with van der Waals surface area (Å²) in [6.45, 7) is 0.995. The highest BCUT2D eigenvalue weighted by Gasteiger charge is 2.25. The van der Waals surface area contributed by atoms with Crippen molar-refractivity contribution in [2.45, 2.75) is 18.9 Å². The maximum absolute atomic E-state index is 5.72. The van der Waals surface area contributed by atoms with Crippen LogP contribution in [0.3, 0.4) is 0 Å². The van der Waals surface area contributed by atoms with E-state index >= 15 is 0 Å². The minimum absolute atomic E-state index is 0.131. The number of benzene rings is 1. The van der Waals surface area contributed by atoms with Gasteiger partial charge in [0.25, 0.3) is 0 Å². The van der Waals surface area contributed by atoms with Crippen LogP contribution < -0.4 is 19.7 Å². The van der Waals surface area contributed by atoms with Crippen LogP contribution in [0.4, 0.5) is 0 Å². The molecule has 0 bridgehead atoms. The van der Waals surface area contributed by atoms with Gasteiger partial charge in [-0.3, -0.25) is 0 Å². The molecule has 5 nitrogen and oxygen atoms in total. The van der Waals surface area contributed by atoms with Gasteiger partial charge in [-0.25, -0.2) is 0 Å². The molecule has 0 aliphatic carbocycles. The number of hydrogen-bond donors (Lipinski definition) is 1. The van der Waals surface area contributed by atoms with Gasteiger partial charge in [0.15, 0.2) is 11.5 Å². The van der Waals surface area contributed by atoms with Gasteiger partial charge in [0.2, 0.25) is 6.79 Å². The smallest absolute Gasteiger partial charge is 0.231 e. The van der Waals surface area contributed by atoms with Crippen LogP contribution in [-0.2, 0) is 4.84 Å². The number of hydrogen-bond acceptors (Lipinski definition) is 5. The van der Waals surface area contributed by atoms with E-state index in [2.05, 4.69) is 5.48 Å². The van der Waals surface area contributed by atoms with Gasteiger partial charge in [0.05, 0.1) is 19.8 Å². The maximum Gasteiger partial charge on any atom is 0.231 e. The molecule has 17 heavy (non-hydrogen) atoms. The molecule has 92 valence electrons. The average Bonchev–Trinajstić information content (AvgIpc) is 2.70. The Kier molecular flexibility index (Phi) is 2.78. The lowest BCUT2D eigenvalue weighted by Crippen LogP contribution is -2.19. The zero-order valence-electron chi connectivity index (χ0n) is 9.69. The third-order valence-corrected chi connectivity index (χ3v) is 3.04. The Morgan fingerprint density at radius 1 is 1.18 bits per heavy atom. The van der Waals surface area contributed by atoms with E-state index in [4.69, 9.17) is 19.0 Å². The summed E-state index contributed by atoms with van der Waals surface area (Å²) in [6, 6.07) is 4.00. The molecule has 0 saturated heterocycles. The van der Waals surface area contributed by atoms with Gasteiger partial charge >= 0.3 is 0 Å². The molecule has 5 heteroatoms. The summed E-state index contributed by atoms with van der Waals surface area (Å²) in [7, 11) is 1.62. The summed E-state index contributed by atoms with van der Waals surface area (Å²) in [6.07, 6.45) is 1.96. The van der Waals surface area contributed by atoms with Gasteiger partial charge in [0.1, 0.15) is 5.75 Å². The van der Waals surface area contributed by atoms with Crippen molar-refractivity contribution in [3.8, 4) is 17.2 Å². The Hall–Kier alpha value is -1.46. The normalized spacial score (nSPS) is 21.6. The van der Waals surface area contributed by atoms with Crippen LogP contribution in [0, 0.1) is 0 Å². The zero-order valence-corrected chi connectivity index (χ0v) is 9.69. The van der Waals surface area contributed by atoms with Crippen molar-refractivity contribution in [2.24, 2.45) is 0 Å². The molecule has 2 aliphatic rings. The van der Waals surface area contributed by atoms with Crippen LogP contribution in [0.2, 0.25) is 0 Å². The van der Waals surface area contributed by atoms with Crippen LogP contribution >= 0.6 is 0 Å². The predicted molar refractivity (Wildman–Crippen MR) is 60.2 cm³/mol. The molecule has 1 N–H and O–H groups in total. The van der Waals surface area contributed by atoms with Crippen molar-refractivity contribution in [2.75, 3.05) is 20.5 Å². The fraction of sp³-hybridized carbons (Fsp3) is 0.500. The molecule has 3 rings (SSSR count). The van der Waals surface area contributed by atoms with Crippen molar-refractivity contribution >= 4 is 0 Å². The van der Waals surface area contributed by atoms with E-state index in [1.54, 1.807) is 7.11 Å². The van der Waals surface area contributed by atoms with Crippen molar-refractivity contribution in [1.29, 1.82) is 0 Å². The van der Waals surface area contributed by atoms with Crippen molar-refractivity contribution < 1.29 is 19.0 Å². The second-order valence-electron chi connectivity index (χ2n) is 4.11. The van der Waals surface area contributed by atoms with Crippen LogP contribution in [0.1, 0.15) is 24.4 Å². The van der Waals surface area contributed by atoms with E-state index in [1.807, 2.05) is 12.1 Å². The summed E-state index contributed by atoms with van der Waals surface area (Å²) in [5, 5.41) is 0. The van der Waals surface area contributed by atoms with Crippen LogP contribution in [0.15, 0.2) is 12.1 Å². The Morgan fingerprint density at radius 3 is 2.82 bits per heavy atom. The number of nitrogens with one attached hydrogen (secondary N) is 1. The molecule has 0 saturated carbocycles. The van der Waals surface area contributed by atoms with Gasteiger partial charge in [-0.2, -0.15) is 5.48 Å². The second-order valence-corrected chi connectivity index (χ2v) is 4.11. The summed E-state index contributed by atoms with van der Waals surface area (Å²) in [5.41, 5.74) is 4.06. The second kappa shape index (κ2) is 4.43. The molecule has 0 fully saturated rings. The fourth-order valence-corrected chi connectivity index (χ4v) is 2.23. The van der Waals surface area contributed by atoms with E-state index in [9.17, 15) is 0 Å². The molecular formula is C12H15NO4. The molecule has 1 atom stereocenters. The third-order valence-electron chi connectivity index (χ3n) is 3.04. The number of rotatable bonds is 2. The third kappa shape index (κ3) is 1.92. The molecule has 2 aliphatic heterocycles. The Balaban J connectivity index is 2.00. The van der Waals surface area contributed by atoms with E-state index in [-0.39, 0.29) is 12.8 Å². The first-order valence-electron chi connectivity index (χ1n) is 5.73. The molecule has 0 spiro atoms. The highest BCUT2D eigenvalue weighted by molar-refractivity contribution is 5.53. The Morgan fingerprint density at radius 2 is 2.00 bits per heavy atom. The molecule has 1 aromatic rings. The summed E-state index contributed by atoms with van der Waals surface area (Å²) < 4.78 is 16.5. The van der Waals surface area contributed by atoms with Crippen molar-refractivity contribution in [3.05, 3.63) is 17.7 Å². The monoisotopic (exact) mass is 237 g/mol. The zero-order chi connectivity index (χ0) is 11.7. The van der Waals surface area contributed by atoms with E-state index in [1.165, 1.54) is 0 Å². The summed E-state index contributed by atoms with van der Waals surface area (Å²) in [5.74, 6) is 2.38. The molecule has 2 heterocycles. The fourth-order valence-electron chi connectivity index (χ4n) is 2.23. The SMILES string of the molecule is CONC1CCCOc2cc3c(cc21)OCO3. The minimum Gasteiger partial charge on any atom is -0.493 e. The Bertz CT molecular complexity index is 421. The minimum atomic E-state index is 0.131.